The lowest BCUT2D eigenvalue weighted by Crippen LogP contribution is -2.49. The molecule has 3 atom stereocenters. The molecule has 158 valence electrons. The molecule has 12 heteroatoms. The smallest absolute Gasteiger partial charge is 0.408 e. The van der Waals surface area contributed by atoms with Gasteiger partial charge in [-0.1, -0.05) is 6.58 Å². The molecule has 1 amide bonds. The van der Waals surface area contributed by atoms with Crippen LogP contribution in [-0.2, 0) is 10.0 Å². The van der Waals surface area contributed by atoms with Gasteiger partial charge < -0.3 is 14.6 Å². The largest absolute Gasteiger partial charge is 0.429 e. The van der Waals surface area contributed by atoms with Crippen molar-refractivity contribution in [3.05, 3.63) is 35.9 Å². The number of nitrogens with one attached hydrogen (secondary N) is 2. The van der Waals surface area contributed by atoms with E-state index in [-0.39, 0.29) is 23.9 Å². The number of ether oxygens (including phenoxy) is 1. The van der Waals surface area contributed by atoms with Crippen molar-refractivity contribution >= 4 is 50.6 Å². The Hall–Kier alpha value is -1.60. The molecule has 1 aromatic heterocycles. The molecule has 1 aliphatic heterocycles. The maximum Gasteiger partial charge on any atom is 0.408 e. The van der Waals surface area contributed by atoms with Gasteiger partial charge in [-0.3, -0.25) is 4.79 Å². The summed E-state index contributed by atoms with van der Waals surface area (Å²) in [5, 5.41) is 1.80. The number of amides is 1. The number of aromatic amines is 1. The maximum atomic E-state index is 13.2. The van der Waals surface area contributed by atoms with Crippen LogP contribution in [0.4, 0.5) is 8.78 Å². The molecule has 2 unspecified atom stereocenters. The highest BCUT2D eigenvalue weighted by Crippen LogP contribution is 2.30. The Morgan fingerprint density at radius 3 is 2.79 bits per heavy atom. The molecule has 2 N–H and O–H groups in total. The molecule has 0 aliphatic carbocycles. The van der Waals surface area contributed by atoms with Crippen molar-refractivity contribution in [3.8, 4) is 5.75 Å². The normalized spacial score (nSPS) is 18.1. The number of benzene rings is 1. The van der Waals surface area contributed by atoms with Crippen LogP contribution in [0.1, 0.15) is 23.3 Å². The molecule has 1 aromatic carbocycles. The number of rotatable bonds is 6. The summed E-state index contributed by atoms with van der Waals surface area (Å²) in [6.07, 6.45) is 1.26. The Bertz CT molecular complexity index is 1050. The van der Waals surface area contributed by atoms with Crippen molar-refractivity contribution in [3.63, 3.8) is 0 Å². The first-order chi connectivity index (χ1) is 13.5. The summed E-state index contributed by atoms with van der Waals surface area (Å²) in [5.74, 6) is -3.72. The molecule has 2 heterocycles. The molecule has 7 nitrogen and oxygen atoms in total. The van der Waals surface area contributed by atoms with E-state index in [9.17, 15) is 22.0 Å². The Morgan fingerprint density at radius 1 is 1.41 bits per heavy atom. The van der Waals surface area contributed by atoms with E-state index in [1.807, 2.05) is 0 Å². The minimum absolute atomic E-state index is 0.0163. The van der Waals surface area contributed by atoms with Gasteiger partial charge in [-0.25, -0.2) is 13.1 Å². The SMILES string of the molecule is C=CS(=O)(=O)N[C@@H]1CCCN(C(=O)c2cc3cc(OC(F)(F)P)c(P)cc3[nH]2)C1. The summed E-state index contributed by atoms with van der Waals surface area (Å²) in [5.41, 5.74) is 0.880. The number of hydrogen-bond donors (Lipinski definition) is 2. The maximum absolute atomic E-state index is 13.2. The number of piperidine rings is 1. The second kappa shape index (κ2) is 8.26. The van der Waals surface area contributed by atoms with Gasteiger partial charge in [0.15, 0.2) is 0 Å². The average Bonchev–Trinajstić information content (AvgIpc) is 3.02. The van der Waals surface area contributed by atoms with Crippen LogP contribution in [0.2, 0.25) is 0 Å². The zero-order valence-electron chi connectivity index (χ0n) is 15.3. The fraction of sp³-hybridized carbons (Fsp3) is 0.353. The highest BCUT2D eigenvalue weighted by molar-refractivity contribution is 7.92. The zero-order chi connectivity index (χ0) is 21.4. The lowest BCUT2D eigenvalue weighted by molar-refractivity contribution is -0.0884. The van der Waals surface area contributed by atoms with Crippen molar-refractivity contribution in [2.24, 2.45) is 0 Å². The summed E-state index contributed by atoms with van der Waals surface area (Å²) < 4.78 is 56.8. The van der Waals surface area contributed by atoms with E-state index in [0.29, 0.717) is 35.6 Å². The third kappa shape index (κ3) is 5.51. The number of aromatic nitrogens is 1. The fourth-order valence-electron chi connectivity index (χ4n) is 3.24. The summed E-state index contributed by atoms with van der Waals surface area (Å²) >= 11 is 0. The molecule has 0 spiro atoms. The predicted octanol–water partition coefficient (Wildman–Crippen LogP) is 2.14. The number of fused-ring (bicyclic) bond motifs is 1. The second-order valence-corrected chi connectivity index (χ2v) is 9.70. The summed E-state index contributed by atoms with van der Waals surface area (Å²) in [6, 6.07) is 4.19. The van der Waals surface area contributed by atoms with E-state index >= 15 is 0 Å². The van der Waals surface area contributed by atoms with Gasteiger partial charge in [-0.05, 0) is 40.3 Å². The van der Waals surface area contributed by atoms with Gasteiger partial charge in [0.1, 0.15) is 11.4 Å². The number of likely N-dealkylation sites (tertiary alicyclic amines) is 1. The predicted molar refractivity (Wildman–Crippen MR) is 114 cm³/mol. The van der Waals surface area contributed by atoms with Crippen LogP contribution in [0.5, 0.6) is 5.75 Å². The van der Waals surface area contributed by atoms with E-state index < -0.39 is 21.9 Å². The fourth-order valence-corrected chi connectivity index (χ4v) is 4.42. The Morgan fingerprint density at radius 2 is 2.14 bits per heavy atom. The quantitative estimate of drug-likeness (QED) is 0.643. The Balaban J connectivity index is 1.81. The van der Waals surface area contributed by atoms with Gasteiger partial charge >= 0.3 is 5.85 Å². The number of halogens is 2. The molecule has 1 fully saturated rings. The van der Waals surface area contributed by atoms with Gasteiger partial charge in [-0.2, -0.15) is 8.78 Å². The standard InChI is InChI=1S/C17H21F2N3O4P2S/c1-2-29(24,25)21-11-4-3-5-22(9-11)16(23)13-6-10-7-14(26-17(18,19)28)15(27)8-12(10)20-13/h2,6-8,11,20-21H,1,3-5,9,27-28H2/t11-/m1/s1. The lowest BCUT2D eigenvalue weighted by atomic mass is 10.1. The first-order valence-electron chi connectivity index (χ1n) is 8.69. The molecular weight excluding hydrogens is 442 g/mol. The molecule has 0 saturated carbocycles. The van der Waals surface area contributed by atoms with E-state index in [0.717, 1.165) is 5.41 Å². The summed E-state index contributed by atoms with van der Waals surface area (Å²) in [6.45, 7) is 3.98. The highest BCUT2D eigenvalue weighted by Gasteiger charge is 2.28. The molecule has 0 radical (unpaired) electrons. The van der Waals surface area contributed by atoms with Crippen LogP contribution in [0.15, 0.2) is 30.2 Å². The number of hydrogen-bond acceptors (Lipinski definition) is 4. The van der Waals surface area contributed by atoms with Crippen LogP contribution in [0.3, 0.4) is 0 Å². The van der Waals surface area contributed by atoms with Crippen molar-refractivity contribution in [1.82, 2.24) is 14.6 Å². The first-order valence-corrected chi connectivity index (χ1v) is 11.4. The van der Waals surface area contributed by atoms with E-state index in [1.54, 1.807) is 17.0 Å². The Labute approximate surface area is 171 Å². The summed E-state index contributed by atoms with van der Waals surface area (Å²) in [7, 11) is 0.0444. The number of carbonyl (C=O) groups excluding carboxylic acids is 1. The Kier molecular flexibility index (Phi) is 6.30. The van der Waals surface area contributed by atoms with Crippen LogP contribution in [0, 0.1) is 0 Å². The van der Waals surface area contributed by atoms with Crippen molar-refractivity contribution < 1.29 is 26.7 Å². The number of nitrogens with zero attached hydrogens (tertiary/aromatic N) is 1. The van der Waals surface area contributed by atoms with Crippen LogP contribution < -0.4 is 14.8 Å². The number of sulfonamides is 1. The first kappa shape index (κ1) is 22.1. The van der Waals surface area contributed by atoms with Crippen LogP contribution >= 0.6 is 18.5 Å². The minimum atomic E-state index is -3.59. The average molecular weight is 463 g/mol. The van der Waals surface area contributed by atoms with Crippen LogP contribution in [-0.4, -0.2) is 49.2 Å². The monoisotopic (exact) mass is 463 g/mol. The second-order valence-electron chi connectivity index (χ2n) is 6.74. The number of alkyl halides is 2. The topological polar surface area (TPSA) is 91.5 Å². The van der Waals surface area contributed by atoms with Gasteiger partial charge in [0.25, 0.3) is 5.91 Å². The van der Waals surface area contributed by atoms with Gasteiger partial charge in [0.2, 0.25) is 10.0 Å². The molecular formula is C17H21F2N3O4P2S. The number of carbonyl (C=O) groups is 1. The minimum Gasteiger partial charge on any atom is -0.429 e. The van der Waals surface area contributed by atoms with E-state index in [1.165, 1.54) is 15.3 Å². The zero-order valence-corrected chi connectivity index (χ0v) is 18.4. The molecule has 3 rings (SSSR count). The lowest BCUT2D eigenvalue weighted by Gasteiger charge is -2.32. The van der Waals surface area contributed by atoms with Crippen molar-refractivity contribution in [2.75, 3.05) is 13.1 Å². The van der Waals surface area contributed by atoms with Gasteiger partial charge in [0, 0.05) is 40.7 Å². The van der Waals surface area contributed by atoms with Gasteiger partial charge in [-0.15, -0.1) is 9.24 Å². The van der Waals surface area contributed by atoms with Gasteiger partial charge in [0.05, 0.1) is 0 Å². The highest BCUT2D eigenvalue weighted by atomic mass is 32.2. The van der Waals surface area contributed by atoms with Crippen molar-refractivity contribution in [2.45, 2.75) is 24.7 Å². The molecule has 29 heavy (non-hydrogen) atoms. The van der Waals surface area contributed by atoms with Crippen LogP contribution in [0.25, 0.3) is 10.9 Å². The van der Waals surface area contributed by atoms with E-state index in [4.69, 9.17) is 0 Å². The van der Waals surface area contributed by atoms with E-state index in [2.05, 4.69) is 30.3 Å². The molecule has 1 saturated heterocycles. The van der Waals surface area contributed by atoms with Crippen molar-refractivity contribution in [1.29, 1.82) is 0 Å². The molecule has 2 aromatic rings. The third-order valence-corrected chi connectivity index (χ3v) is 6.16. The molecule has 0 bridgehead atoms. The third-order valence-electron chi connectivity index (χ3n) is 4.49. The number of H-pyrrole nitrogens is 1. The summed E-state index contributed by atoms with van der Waals surface area (Å²) in [4.78, 5) is 17.4. The molecule has 1 aliphatic rings.